The smallest absolute Gasteiger partial charge is 0.422 e. The number of halogens is 7. The Morgan fingerprint density at radius 1 is 1.12 bits per heavy atom. The van der Waals surface area contributed by atoms with E-state index >= 15 is 0 Å². The molecule has 1 aliphatic rings. The number of rotatable bonds is 7. The van der Waals surface area contributed by atoms with Crippen LogP contribution in [0.1, 0.15) is 42.7 Å². The minimum absolute atomic E-state index is 0.0221. The van der Waals surface area contributed by atoms with E-state index < -0.39 is 52.7 Å². The molecule has 0 heterocycles. The first-order valence-electron chi connectivity index (χ1n) is 9.80. The Bertz CT molecular complexity index is 968. The summed E-state index contributed by atoms with van der Waals surface area (Å²) in [6.45, 7) is -1.85. The molecule has 2 aromatic rings. The summed E-state index contributed by atoms with van der Waals surface area (Å²) in [4.78, 5) is 12.0. The number of ether oxygens (including phenoxy) is 1. The van der Waals surface area contributed by atoms with E-state index in [9.17, 15) is 36.2 Å². The quantitative estimate of drug-likeness (QED) is 0.422. The van der Waals surface area contributed by atoms with Crippen LogP contribution < -0.4 is 4.74 Å². The molecule has 3 rings (SSSR count). The molecule has 1 saturated carbocycles. The molecule has 0 aliphatic heterocycles. The lowest BCUT2D eigenvalue weighted by Gasteiger charge is -2.30. The number of alkyl halides is 6. The molecule has 0 aromatic heterocycles. The molecular formula is C22H19ClF6O3. The highest BCUT2D eigenvalue weighted by atomic mass is 35.5. The second-order valence-electron chi connectivity index (χ2n) is 7.72. The summed E-state index contributed by atoms with van der Waals surface area (Å²) < 4.78 is 85.1. The van der Waals surface area contributed by atoms with Gasteiger partial charge in [-0.25, -0.2) is 0 Å². The van der Waals surface area contributed by atoms with Crippen LogP contribution in [0.4, 0.5) is 26.3 Å². The first-order chi connectivity index (χ1) is 14.9. The summed E-state index contributed by atoms with van der Waals surface area (Å²) in [7, 11) is 0. The van der Waals surface area contributed by atoms with Gasteiger partial charge in [0.05, 0.1) is 16.5 Å². The predicted molar refractivity (Wildman–Crippen MR) is 106 cm³/mol. The summed E-state index contributed by atoms with van der Waals surface area (Å²) >= 11 is 6.01. The minimum atomic E-state index is -5.11. The lowest BCUT2D eigenvalue weighted by Crippen LogP contribution is -2.24. The number of carboxylic acid groups (broad SMARTS) is 1. The molecule has 3 nitrogen and oxygen atoms in total. The summed E-state index contributed by atoms with van der Waals surface area (Å²) in [6, 6.07) is 8.57. The summed E-state index contributed by atoms with van der Waals surface area (Å²) in [5.74, 6) is -3.81. The maximum absolute atomic E-state index is 14.0. The van der Waals surface area contributed by atoms with Gasteiger partial charge in [-0.05, 0) is 29.5 Å². The van der Waals surface area contributed by atoms with Crippen molar-refractivity contribution in [3.8, 4) is 16.9 Å². The zero-order valence-electron chi connectivity index (χ0n) is 16.6. The van der Waals surface area contributed by atoms with Crippen molar-refractivity contribution in [1.82, 2.24) is 0 Å². The third-order valence-corrected chi connectivity index (χ3v) is 5.83. The van der Waals surface area contributed by atoms with Crippen molar-refractivity contribution in [2.75, 3.05) is 6.61 Å². The SMILES string of the molecule is O=C(O)C(CC1CCC1)c1cc(-c2ccccc2)c(OCC(F)(F)F)c(Cl)c1C(F)(F)F. The minimum Gasteiger partial charge on any atom is -0.482 e. The van der Waals surface area contributed by atoms with E-state index in [-0.39, 0.29) is 23.5 Å². The zero-order valence-corrected chi connectivity index (χ0v) is 17.3. The van der Waals surface area contributed by atoms with Gasteiger partial charge in [0.1, 0.15) is 5.75 Å². The van der Waals surface area contributed by atoms with Crippen LogP contribution in [0.3, 0.4) is 0 Å². The fraction of sp³-hybridized carbons (Fsp3) is 0.409. The lowest BCUT2D eigenvalue weighted by molar-refractivity contribution is -0.153. The van der Waals surface area contributed by atoms with Crippen molar-refractivity contribution in [2.24, 2.45) is 5.92 Å². The standard InChI is InChI=1S/C22H19ClF6O3/c23-18-17(22(27,28)29)15(16(20(30)31)9-12-5-4-6-12)10-14(13-7-2-1-3-8-13)19(18)32-11-21(24,25)26/h1-3,7-8,10,12,16H,4-6,9,11H2,(H,30,31). The van der Waals surface area contributed by atoms with Crippen LogP contribution in [0.2, 0.25) is 5.02 Å². The number of benzene rings is 2. The molecule has 0 amide bonds. The maximum atomic E-state index is 14.0. The Morgan fingerprint density at radius 2 is 1.75 bits per heavy atom. The van der Waals surface area contributed by atoms with Gasteiger partial charge in [-0.3, -0.25) is 4.79 Å². The lowest BCUT2D eigenvalue weighted by atomic mass is 9.76. The topological polar surface area (TPSA) is 46.5 Å². The van der Waals surface area contributed by atoms with Crippen LogP contribution in [0.15, 0.2) is 36.4 Å². The van der Waals surface area contributed by atoms with Gasteiger partial charge in [-0.1, -0.05) is 61.2 Å². The maximum Gasteiger partial charge on any atom is 0.422 e. The molecule has 1 fully saturated rings. The average Bonchev–Trinajstić information content (AvgIpc) is 2.64. The highest BCUT2D eigenvalue weighted by Crippen LogP contribution is 2.50. The van der Waals surface area contributed by atoms with Crippen LogP contribution in [0.5, 0.6) is 5.75 Å². The molecule has 1 unspecified atom stereocenters. The largest absolute Gasteiger partial charge is 0.482 e. The highest BCUT2D eigenvalue weighted by Gasteiger charge is 2.43. The van der Waals surface area contributed by atoms with Crippen molar-refractivity contribution in [3.05, 3.63) is 52.5 Å². The molecule has 1 N–H and O–H groups in total. The van der Waals surface area contributed by atoms with E-state index in [0.717, 1.165) is 12.5 Å². The van der Waals surface area contributed by atoms with E-state index in [1.54, 1.807) is 6.07 Å². The van der Waals surface area contributed by atoms with Crippen LogP contribution in [0, 0.1) is 5.92 Å². The monoisotopic (exact) mass is 480 g/mol. The summed E-state index contributed by atoms with van der Waals surface area (Å²) in [5.41, 5.74) is -1.96. The Labute approximate surface area is 184 Å². The van der Waals surface area contributed by atoms with Crippen LogP contribution in [-0.4, -0.2) is 23.9 Å². The van der Waals surface area contributed by atoms with Gasteiger partial charge in [-0.15, -0.1) is 0 Å². The zero-order chi connectivity index (χ0) is 23.7. The number of carbonyl (C=O) groups is 1. The van der Waals surface area contributed by atoms with Crippen LogP contribution >= 0.6 is 11.6 Å². The molecule has 2 aromatic carbocycles. The normalized spacial score (nSPS) is 15.8. The van der Waals surface area contributed by atoms with Crippen molar-refractivity contribution >= 4 is 17.6 Å². The molecule has 0 radical (unpaired) electrons. The molecule has 10 heteroatoms. The number of hydrogen-bond donors (Lipinski definition) is 1. The molecule has 174 valence electrons. The summed E-state index contributed by atoms with van der Waals surface area (Å²) in [5, 5.41) is 8.64. The molecule has 1 aliphatic carbocycles. The van der Waals surface area contributed by atoms with E-state index in [2.05, 4.69) is 0 Å². The number of hydrogen-bond acceptors (Lipinski definition) is 2. The van der Waals surface area contributed by atoms with Crippen LogP contribution in [0.25, 0.3) is 11.1 Å². The van der Waals surface area contributed by atoms with E-state index in [1.807, 2.05) is 0 Å². The van der Waals surface area contributed by atoms with Gasteiger partial charge in [0.25, 0.3) is 0 Å². The molecule has 1 atom stereocenters. The Morgan fingerprint density at radius 3 is 2.22 bits per heavy atom. The predicted octanol–water partition coefficient (Wildman–Crippen LogP) is 7.33. The average molecular weight is 481 g/mol. The van der Waals surface area contributed by atoms with Gasteiger partial charge in [0, 0.05) is 5.56 Å². The second-order valence-corrected chi connectivity index (χ2v) is 8.10. The Hall–Kier alpha value is -2.42. The molecule has 0 spiro atoms. The molecule has 0 bridgehead atoms. The molecule has 32 heavy (non-hydrogen) atoms. The first-order valence-corrected chi connectivity index (χ1v) is 10.2. The van der Waals surface area contributed by atoms with Gasteiger partial charge in [0.15, 0.2) is 6.61 Å². The van der Waals surface area contributed by atoms with Gasteiger partial charge >= 0.3 is 18.3 Å². The van der Waals surface area contributed by atoms with E-state index in [0.29, 0.717) is 12.8 Å². The van der Waals surface area contributed by atoms with Gasteiger partial charge < -0.3 is 9.84 Å². The van der Waals surface area contributed by atoms with E-state index in [1.165, 1.54) is 24.3 Å². The molecular weight excluding hydrogens is 462 g/mol. The fourth-order valence-corrected chi connectivity index (χ4v) is 4.14. The second kappa shape index (κ2) is 9.21. The third-order valence-electron chi connectivity index (χ3n) is 5.47. The van der Waals surface area contributed by atoms with Crippen molar-refractivity contribution in [1.29, 1.82) is 0 Å². The highest BCUT2D eigenvalue weighted by molar-refractivity contribution is 6.33. The summed E-state index contributed by atoms with van der Waals surface area (Å²) in [6.07, 6.45) is -7.67. The molecule has 0 saturated heterocycles. The number of carboxylic acids is 1. The van der Waals surface area contributed by atoms with Gasteiger partial charge in [0.2, 0.25) is 0 Å². The van der Waals surface area contributed by atoms with Crippen LogP contribution in [-0.2, 0) is 11.0 Å². The fourth-order valence-electron chi connectivity index (χ4n) is 3.76. The Kier molecular flexibility index (Phi) is 6.97. The number of aliphatic carboxylic acids is 1. The first kappa shape index (κ1) is 24.2. The van der Waals surface area contributed by atoms with E-state index in [4.69, 9.17) is 16.3 Å². The Balaban J connectivity index is 2.25. The van der Waals surface area contributed by atoms with Crippen molar-refractivity contribution in [2.45, 2.75) is 44.0 Å². The van der Waals surface area contributed by atoms with Crippen molar-refractivity contribution < 1.29 is 41.0 Å². The van der Waals surface area contributed by atoms with Crippen molar-refractivity contribution in [3.63, 3.8) is 0 Å². The third kappa shape index (κ3) is 5.49. The van der Waals surface area contributed by atoms with Gasteiger partial charge in [-0.2, -0.15) is 26.3 Å².